The molecule has 1 saturated heterocycles. The summed E-state index contributed by atoms with van der Waals surface area (Å²) in [6, 6.07) is 13.2. The van der Waals surface area contributed by atoms with Crippen LogP contribution in [0.3, 0.4) is 0 Å². The SMILES string of the molecule is O=C(Nc1ccc(F)cc1)C1(c2ccc(-c3cnc(C(F)(F)F)cc3C3(O)CCC3)cc2)COC1. The molecule has 1 saturated carbocycles. The van der Waals surface area contributed by atoms with Crippen LogP contribution in [0.5, 0.6) is 0 Å². The second kappa shape index (κ2) is 8.42. The Labute approximate surface area is 198 Å². The van der Waals surface area contributed by atoms with E-state index >= 15 is 0 Å². The van der Waals surface area contributed by atoms with Gasteiger partial charge in [-0.3, -0.25) is 9.78 Å². The number of anilines is 1. The van der Waals surface area contributed by atoms with Crippen molar-refractivity contribution in [1.29, 1.82) is 0 Å². The number of ether oxygens (including phenoxy) is 1. The molecule has 1 aliphatic carbocycles. The molecule has 2 aromatic carbocycles. The van der Waals surface area contributed by atoms with Gasteiger partial charge in [0.2, 0.25) is 5.91 Å². The van der Waals surface area contributed by atoms with E-state index in [4.69, 9.17) is 4.74 Å². The summed E-state index contributed by atoms with van der Waals surface area (Å²) in [5.41, 5.74) is -0.980. The second-order valence-corrected chi connectivity index (χ2v) is 9.11. The first-order chi connectivity index (χ1) is 16.6. The number of hydrogen-bond acceptors (Lipinski definition) is 4. The van der Waals surface area contributed by atoms with Crippen LogP contribution in [0.2, 0.25) is 0 Å². The average Bonchev–Trinajstić information content (AvgIpc) is 2.78. The van der Waals surface area contributed by atoms with Crippen molar-refractivity contribution >= 4 is 11.6 Å². The first-order valence-electron chi connectivity index (χ1n) is 11.2. The summed E-state index contributed by atoms with van der Waals surface area (Å²) < 4.78 is 58.4. The molecule has 1 aliphatic heterocycles. The number of carbonyl (C=O) groups is 1. The van der Waals surface area contributed by atoms with Crippen LogP contribution in [0, 0.1) is 5.82 Å². The van der Waals surface area contributed by atoms with Gasteiger partial charge < -0.3 is 15.2 Å². The number of carbonyl (C=O) groups excluding carboxylic acids is 1. The molecule has 2 N–H and O–H groups in total. The molecule has 0 unspecified atom stereocenters. The molecular formula is C26H22F4N2O3. The zero-order valence-electron chi connectivity index (χ0n) is 18.5. The molecule has 9 heteroatoms. The van der Waals surface area contributed by atoms with Crippen LogP contribution >= 0.6 is 0 Å². The number of alkyl halides is 3. The number of aliphatic hydroxyl groups is 1. The van der Waals surface area contributed by atoms with Crippen molar-refractivity contribution in [3.8, 4) is 11.1 Å². The van der Waals surface area contributed by atoms with E-state index < -0.39 is 28.7 Å². The van der Waals surface area contributed by atoms with Crippen LogP contribution in [-0.2, 0) is 26.7 Å². The summed E-state index contributed by atoms with van der Waals surface area (Å²) in [5.74, 6) is -0.715. The lowest BCUT2D eigenvalue weighted by Crippen LogP contribution is -2.55. The zero-order chi connectivity index (χ0) is 24.8. The van der Waals surface area contributed by atoms with Gasteiger partial charge in [-0.15, -0.1) is 0 Å². The van der Waals surface area contributed by atoms with Gasteiger partial charge in [0.15, 0.2) is 0 Å². The topological polar surface area (TPSA) is 71.5 Å². The van der Waals surface area contributed by atoms with E-state index in [1.165, 1.54) is 24.3 Å². The highest BCUT2D eigenvalue weighted by atomic mass is 19.4. The third-order valence-electron chi connectivity index (χ3n) is 6.86. The number of pyridine rings is 1. The lowest BCUT2D eigenvalue weighted by atomic mass is 9.72. The van der Waals surface area contributed by atoms with Crippen molar-refractivity contribution in [1.82, 2.24) is 4.98 Å². The van der Waals surface area contributed by atoms with E-state index in [9.17, 15) is 27.5 Å². The maximum atomic E-state index is 13.3. The van der Waals surface area contributed by atoms with Crippen molar-refractivity contribution in [2.24, 2.45) is 0 Å². The Balaban J connectivity index is 1.45. The van der Waals surface area contributed by atoms with Crippen molar-refractivity contribution in [2.45, 2.75) is 36.5 Å². The summed E-state index contributed by atoms with van der Waals surface area (Å²) >= 11 is 0. The highest BCUT2D eigenvalue weighted by Gasteiger charge is 2.47. The van der Waals surface area contributed by atoms with Gasteiger partial charge in [0.25, 0.3) is 0 Å². The van der Waals surface area contributed by atoms with Crippen LogP contribution in [0.15, 0.2) is 60.8 Å². The van der Waals surface area contributed by atoms with Crippen molar-refractivity contribution < 1.29 is 32.2 Å². The fourth-order valence-electron chi connectivity index (χ4n) is 4.49. The summed E-state index contributed by atoms with van der Waals surface area (Å²) in [6.45, 7) is 0.318. The van der Waals surface area contributed by atoms with Gasteiger partial charge in [0.1, 0.15) is 16.9 Å². The summed E-state index contributed by atoms with van der Waals surface area (Å²) in [6.07, 6.45) is -1.99. The van der Waals surface area contributed by atoms with Crippen LogP contribution in [0.1, 0.15) is 36.1 Å². The Hall–Kier alpha value is -3.30. The Morgan fingerprint density at radius 1 is 1.03 bits per heavy atom. The van der Waals surface area contributed by atoms with Crippen LogP contribution < -0.4 is 5.32 Å². The Morgan fingerprint density at radius 3 is 2.20 bits per heavy atom. The molecule has 182 valence electrons. The van der Waals surface area contributed by atoms with E-state index in [1.54, 1.807) is 24.3 Å². The number of nitrogens with one attached hydrogen (secondary N) is 1. The highest BCUT2D eigenvalue weighted by molar-refractivity contribution is 6.00. The maximum Gasteiger partial charge on any atom is 0.433 e. The molecule has 5 rings (SSSR count). The van der Waals surface area contributed by atoms with Gasteiger partial charge >= 0.3 is 6.18 Å². The smallest absolute Gasteiger partial charge is 0.385 e. The van der Waals surface area contributed by atoms with Gasteiger partial charge in [-0.05, 0) is 66.3 Å². The normalized spacial score (nSPS) is 18.3. The third kappa shape index (κ3) is 4.19. The standard InChI is InChI=1S/C26H22F4N2O3/c27-18-6-8-19(9-7-18)32-23(33)24(14-35-15-24)17-4-2-16(3-5-17)20-13-31-22(26(28,29)30)12-21(20)25(34)10-1-11-25/h2-9,12-13,34H,1,10-11,14-15H2,(H,32,33). The van der Waals surface area contributed by atoms with Crippen molar-refractivity contribution in [2.75, 3.05) is 18.5 Å². The molecule has 0 bridgehead atoms. The molecule has 2 heterocycles. The number of benzene rings is 2. The third-order valence-corrected chi connectivity index (χ3v) is 6.86. The lowest BCUT2D eigenvalue weighted by molar-refractivity contribution is -0.141. The number of rotatable bonds is 5. The molecule has 1 aromatic heterocycles. The number of aromatic nitrogens is 1. The van der Waals surface area contributed by atoms with E-state index in [2.05, 4.69) is 10.3 Å². The molecule has 2 aliphatic rings. The number of nitrogens with zero attached hydrogens (tertiary/aromatic N) is 1. The number of amides is 1. The van der Waals surface area contributed by atoms with E-state index in [1.807, 2.05) is 0 Å². The lowest BCUT2D eigenvalue weighted by Gasteiger charge is -2.40. The molecule has 5 nitrogen and oxygen atoms in total. The quantitative estimate of drug-likeness (QED) is 0.488. The maximum absolute atomic E-state index is 13.3. The van der Waals surface area contributed by atoms with Gasteiger partial charge in [-0.1, -0.05) is 24.3 Å². The summed E-state index contributed by atoms with van der Waals surface area (Å²) in [4.78, 5) is 16.7. The first-order valence-corrected chi connectivity index (χ1v) is 11.2. The number of hydrogen-bond donors (Lipinski definition) is 2. The van der Waals surface area contributed by atoms with E-state index in [0.29, 0.717) is 35.2 Å². The zero-order valence-corrected chi connectivity index (χ0v) is 18.5. The molecule has 0 atom stereocenters. The van der Waals surface area contributed by atoms with Crippen LogP contribution in [0.25, 0.3) is 11.1 Å². The monoisotopic (exact) mass is 486 g/mol. The highest BCUT2D eigenvalue weighted by Crippen LogP contribution is 2.46. The minimum absolute atomic E-state index is 0.159. The Kier molecular flexibility index (Phi) is 5.64. The largest absolute Gasteiger partial charge is 0.433 e. The van der Waals surface area contributed by atoms with E-state index in [0.717, 1.165) is 18.7 Å². The predicted octanol–water partition coefficient (Wildman–Crippen LogP) is 5.18. The average molecular weight is 486 g/mol. The van der Waals surface area contributed by atoms with Gasteiger partial charge in [-0.2, -0.15) is 13.2 Å². The predicted molar refractivity (Wildman–Crippen MR) is 120 cm³/mol. The summed E-state index contributed by atoms with van der Waals surface area (Å²) in [5, 5.41) is 13.7. The fourth-order valence-corrected chi connectivity index (χ4v) is 4.49. The first kappa shape index (κ1) is 23.4. The summed E-state index contributed by atoms with van der Waals surface area (Å²) in [7, 11) is 0. The fraction of sp³-hybridized carbons (Fsp3) is 0.308. The minimum atomic E-state index is -4.62. The molecule has 1 amide bonds. The van der Waals surface area contributed by atoms with Crippen molar-refractivity contribution in [3.05, 3.63) is 83.4 Å². The molecule has 35 heavy (non-hydrogen) atoms. The molecule has 0 spiro atoms. The van der Waals surface area contributed by atoms with Crippen molar-refractivity contribution in [3.63, 3.8) is 0 Å². The molecule has 3 aromatic rings. The molecule has 0 radical (unpaired) electrons. The van der Waals surface area contributed by atoms with Gasteiger partial charge in [-0.25, -0.2) is 4.39 Å². The van der Waals surface area contributed by atoms with Crippen LogP contribution in [-0.4, -0.2) is 29.2 Å². The molecule has 2 fully saturated rings. The second-order valence-electron chi connectivity index (χ2n) is 9.11. The Morgan fingerprint density at radius 2 is 1.69 bits per heavy atom. The van der Waals surface area contributed by atoms with Gasteiger partial charge in [0, 0.05) is 17.4 Å². The van der Waals surface area contributed by atoms with E-state index in [-0.39, 0.29) is 24.7 Å². The number of halogens is 4. The Bertz CT molecular complexity index is 1250. The molecular weight excluding hydrogens is 464 g/mol. The van der Waals surface area contributed by atoms with Gasteiger partial charge in [0.05, 0.1) is 18.8 Å². The minimum Gasteiger partial charge on any atom is -0.385 e. The van der Waals surface area contributed by atoms with Crippen LogP contribution in [0.4, 0.5) is 23.2 Å².